The molecule has 0 saturated carbocycles. The van der Waals surface area contributed by atoms with Crippen molar-refractivity contribution in [2.45, 2.75) is 19.4 Å². The molecular formula is C23H28N4O4S2. The van der Waals surface area contributed by atoms with Crippen molar-refractivity contribution < 1.29 is 17.9 Å². The number of rotatable bonds is 5. The first-order valence-electron chi connectivity index (χ1n) is 11.1. The molecule has 3 aromatic rings. The highest BCUT2D eigenvalue weighted by atomic mass is 32.2. The minimum Gasteiger partial charge on any atom is -0.493 e. The number of nitrogens with zero attached hydrogens (tertiary/aromatic N) is 4. The maximum Gasteiger partial charge on any atom is 0.161 e. The summed E-state index contributed by atoms with van der Waals surface area (Å²) in [5.41, 5.74) is 2.11. The van der Waals surface area contributed by atoms with E-state index in [9.17, 15) is 8.42 Å². The Labute approximate surface area is 198 Å². The molecule has 10 heteroatoms. The van der Waals surface area contributed by atoms with Gasteiger partial charge in [-0.1, -0.05) is 6.07 Å². The molecule has 0 bridgehead atoms. The molecule has 0 radical (unpaired) electrons. The maximum absolute atomic E-state index is 11.9. The van der Waals surface area contributed by atoms with Crippen LogP contribution in [0.2, 0.25) is 0 Å². The van der Waals surface area contributed by atoms with Crippen LogP contribution in [0, 0.1) is 6.92 Å². The molecule has 33 heavy (non-hydrogen) atoms. The molecule has 2 fully saturated rings. The van der Waals surface area contributed by atoms with E-state index in [1.54, 1.807) is 25.6 Å². The lowest BCUT2D eigenvalue weighted by molar-refractivity contribution is 0.200. The molecule has 176 valence electrons. The largest absolute Gasteiger partial charge is 0.493 e. The summed E-state index contributed by atoms with van der Waals surface area (Å²) in [5.74, 6) is 3.68. The maximum atomic E-state index is 11.9. The third-order valence-electron chi connectivity index (χ3n) is 6.56. The summed E-state index contributed by atoms with van der Waals surface area (Å²) in [7, 11) is 0.393. The Morgan fingerprint density at radius 2 is 1.82 bits per heavy atom. The Morgan fingerprint density at radius 3 is 2.48 bits per heavy atom. The van der Waals surface area contributed by atoms with Gasteiger partial charge in [-0.25, -0.2) is 18.4 Å². The summed E-state index contributed by atoms with van der Waals surface area (Å²) in [5, 5.41) is 3.18. The van der Waals surface area contributed by atoms with E-state index in [2.05, 4.69) is 15.2 Å². The van der Waals surface area contributed by atoms with Crippen molar-refractivity contribution in [2.24, 2.45) is 0 Å². The molecule has 2 saturated heterocycles. The van der Waals surface area contributed by atoms with Crippen LogP contribution < -0.4 is 14.4 Å². The van der Waals surface area contributed by atoms with E-state index < -0.39 is 9.84 Å². The van der Waals surface area contributed by atoms with Crippen LogP contribution >= 0.6 is 11.3 Å². The molecule has 0 aliphatic carbocycles. The number of hydrogen-bond donors (Lipinski definition) is 0. The van der Waals surface area contributed by atoms with Gasteiger partial charge in [0.1, 0.15) is 16.5 Å². The normalized spacial score (nSPS) is 20.9. The SMILES string of the molecule is COc1ccc(-c2csc3nc(C)nc(N4CCN([C@H]5CCS(=O)(=O)C5)CC4)c23)cc1OC. The van der Waals surface area contributed by atoms with E-state index >= 15 is 0 Å². The monoisotopic (exact) mass is 488 g/mol. The van der Waals surface area contributed by atoms with Crippen molar-refractivity contribution in [3.63, 3.8) is 0 Å². The van der Waals surface area contributed by atoms with Gasteiger partial charge in [0.2, 0.25) is 0 Å². The molecule has 1 aromatic carbocycles. The first-order valence-corrected chi connectivity index (χ1v) is 13.8. The second-order valence-electron chi connectivity index (χ2n) is 8.57. The van der Waals surface area contributed by atoms with Crippen LogP contribution in [-0.4, -0.2) is 81.2 Å². The third kappa shape index (κ3) is 4.27. The van der Waals surface area contributed by atoms with Gasteiger partial charge in [-0.05, 0) is 31.0 Å². The van der Waals surface area contributed by atoms with Gasteiger partial charge in [-0.2, -0.15) is 0 Å². The Morgan fingerprint density at radius 1 is 1.06 bits per heavy atom. The van der Waals surface area contributed by atoms with Crippen molar-refractivity contribution in [1.82, 2.24) is 14.9 Å². The third-order valence-corrected chi connectivity index (χ3v) is 9.18. The van der Waals surface area contributed by atoms with Crippen molar-refractivity contribution in [3.8, 4) is 22.6 Å². The molecule has 4 heterocycles. The zero-order valence-electron chi connectivity index (χ0n) is 19.1. The predicted molar refractivity (Wildman–Crippen MR) is 132 cm³/mol. The number of piperazine rings is 1. The molecule has 0 unspecified atom stereocenters. The summed E-state index contributed by atoms with van der Waals surface area (Å²) in [6, 6.07) is 6.08. The standard InChI is InChI=1S/C23H28N4O4S2/c1-15-24-22(27-9-7-26(8-10-27)17-6-11-33(28,29)14-17)21-18(13-32-23(21)25-15)16-4-5-19(30-2)20(12-16)31-3/h4-5,12-13,17H,6-11,14H2,1-3H3/t17-/m0/s1. The zero-order chi connectivity index (χ0) is 23.2. The van der Waals surface area contributed by atoms with Gasteiger partial charge in [0.15, 0.2) is 21.3 Å². The van der Waals surface area contributed by atoms with E-state index in [4.69, 9.17) is 19.4 Å². The highest BCUT2D eigenvalue weighted by Gasteiger charge is 2.34. The van der Waals surface area contributed by atoms with Gasteiger partial charge in [0.25, 0.3) is 0 Å². The second kappa shape index (κ2) is 8.73. The van der Waals surface area contributed by atoms with Crippen LogP contribution in [-0.2, 0) is 9.84 Å². The van der Waals surface area contributed by atoms with E-state index in [1.165, 1.54) is 0 Å². The number of sulfone groups is 1. The number of aromatic nitrogens is 2. The van der Waals surface area contributed by atoms with Gasteiger partial charge in [-0.3, -0.25) is 4.90 Å². The average Bonchev–Trinajstić information content (AvgIpc) is 3.41. The van der Waals surface area contributed by atoms with E-state index in [-0.39, 0.29) is 11.8 Å². The average molecular weight is 489 g/mol. The lowest BCUT2D eigenvalue weighted by Crippen LogP contribution is -2.51. The van der Waals surface area contributed by atoms with Crippen LogP contribution in [0.1, 0.15) is 12.2 Å². The summed E-state index contributed by atoms with van der Waals surface area (Å²) in [6.07, 6.45) is 0.743. The van der Waals surface area contributed by atoms with Crippen LogP contribution in [0.4, 0.5) is 5.82 Å². The first-order chi connectivity index (χ1) is 15.9. The number of hydrogen-bond acceptors (Lipinski definition) is 9. The fraction of sp³-hybridized carbons (Fsp3) is 0.478. The highest BCUT2D eigenvalue weighted by molar-refractivity contribution is 7.91. The van der Waals surface area contributed by atoms with Crippen LogP contribution in [0.25, 0.3) is 21.3 Å². The number of aryl methyl sites for hydroxylation is 1. The molecule has 5 rings (SSSR count). The van der Waals surface area contributed by atoms with Crippen molar-refractivity contribution in [2.75, 3.05) is 56.8 Å². The molecule has 2 aromatic heterocycles. The molecule has 0 amide bonds. The Hall–Kier alpha value is -2.43. The van der Waals surface area contributed by atoms with Crippen LogP contribution in [0.15, 0.2) is 23.6 Å². The van der Waals surface area contributed by atoms with Crippen LogP contribution in [0.5, 0.6) is 11.5 Å². The van der Waals surface area contributed by atoms with E-state index in [0.717, 1.165) is 65.6 Å². The molecule has 1 atom stereocenters. The van der Waals surface area contributed by atoms with Gasteiger partial charge >= 0.3 is 0 Å². The Balaban J connectivity index is 1.46. The molecule has 0 spiro atoms. The minimum atomic E-state index is -2.88. The topological polar surface area (TPSA) is 84.9 Å². The van der Waals surface area contributed by atoms with Crippen LogP contribution in [0.3, 0.4) is 0 Å². The quantitative estimate of drug-likeness (QED) is 0.542. The number of fused-ring (bicyclic) bond motifs is 1. The molecule has 2 aliphatic rings. The molecule has 8 nitrogen and oxygen atoms in total. The number of benzene rings is 1. The lowest BCUT2D eigenvalue weighted by atomic mass is 10.0. The van der Waals surface area contributed by atoms with E-state index in [0.29, 0.717) is 17.3 Å². The van der Waals surface area contributed by atoms with Gasteiger partial charge in [-0.15, -0.1) is 11.3 Å². The fourth-order valence-electron chi connectivity index (χ4n) is 4.83. The van der Waals surface area contributed by atoms with Crippen molar-refractivity contribution in [3.05, 3.63) is 29.4 Å². The van der Waals surface area contributed by atoms with Crippen molar-refractivity contribution in [1.29, 1.82) is 0 Å². The van der Waals surface area contributed by atoms with Gasteiger partial charge in [0, 0.05) is 43.2 Å². The molecular weight excluding hydrogens is 460 g/mol. The smallest absolute Gasteiger partial charge is 0.161 e. The van der Waals surface area contributed by atoms with Gasteiger partial charge < -0.3 is 14.4 Å². The number of methoxy groups -OCH3 is 2. The highest BCUT2D eigenvalue weighted by Crippen LogP contribution is 2.41. The summed E-state index contributed by atoms with van der Waals surface area (Å²) in [6.45, 7) is 5.21. The Bertz CT molecular complexity index is 1280. The van der Waals surface area contributed by atoms with E-state index in [1.807, 2.05) is 25.1 Å². The Kier molecular flexibility index (Phi) is 5.92. The minimum absolute atomic E-state index is 0.146. The second-order valence-corrected chi connectivity index (χ2v) is 11.7. The molecule has 2 aliphatic heterocycles. The lowest BCUT2D eigenvalue weighted by Gasteiger charge is -2.38. The summed E-state index contributed by atoms with van der Waals surface area (Å²) in [4.78, 5) is 15.2. The summed E-state index contributed by atoms with van der Waals surface area (Å²) >= 11 is 1.62. The number of anilines is 1. The summed E-state index contributed by atoms with van der Waals surface area (Å²) < 4.78 is 34.7. The number of ether oxygens (including phenoxy) is 2. The zero-order valence-corrected chi connectivity index (χ0v) is 20.7. The first kappa shape index (κ1) is 22.4. The number of thiophene rings is 1. The molecule has 0 N–H and O–H groups in total. The van der Waals surface area contributed by atoms with Gasteiger partial charge in [0.05, 0.1) is 31.1 Å². The fourth-order valence-corrected chi connectivity index (χ4v) is 7.58. The van der Waals surface area contributed by atoms with Crippen molar-refractivity contribution >= 4 is 37.2 Å². The predicted octanol–water partition coefficient (Wildman–Crippen LogP) is 2.99.